The van der Waals surface area contributed by atoms with Gasteiger partial charge in [-0.2, -0.15) is 5.10 Å². The number of alkyl halides is 1. The van der Waals surface area contributed by atoms with Gasteiger partial charge in [-0.1, -0.05) is 20.8 Å². The highest BCUT2D eigenvalue weighted by atomic mass is 19.1. The number of rotatable bonds is 3. The van der Waals surface area contributed by atoms with Crippen molar-refractivity contribution in [3.05, 3.63) is 40.8 Å². The zero-order valence-electron chi connectivity index (χ0n) is 19.7. The topological polar surface area (TPSA) is 93.2 Å². The van der Waals surface area contributed by atoms with Gasteiger partial charge >= 0.3 is 6.03 Å². The minimum atomic E-state index is -1.24. The van der Waals surface area contributed by atoms with E-state index in [2.05, 4.69) is 5.32 Å². The van der Waals surface area contributed by atoms with E-state index in [0.717, 1.165) is 0 Å². The quantitative estimate of drug-likeness (QED) is 0.724. The number of hydrogen-bond donors (Lipinski definition) is 2. The third-order valence-corrected chi connectivity index (χ3v) is 6.68. The second kappa shape index (κ2) is 7.81. The summed E-state index contributed by atoms with van der Waals surface area (Å²) in [6.07, 6.45) is 0.571. The lowest BCUT2D eigenvalue weighted by molar-refractivity contribution is 0.0465. The minimum absolute atomic E-state index is 0.142. The van der Waals surface area contributed by atoms with Crippen LogP contribution in [0.1, 0.15) is 68.2 Å². The van der Waals surface area contributed by atoms with Crippen LogP contribution in [0.2, 0.25) is 0 Å². The van der Waals surface area contributed by atoms with E-state index in [1.54, 1.807) is 28.6 Å². The fourth-order valence-electron chi connectivity index (χ4n) is 4.79. The van der Waals surface area contributed by atoms with Gasteiger partial charge in [-0.3, -0.25) is 9.48 Å². The molecule has 4 rings (SSSR count). The summed E-state index contributed by atoms with van der Waals surface area (Å²) in [5, 5.41) is 7.65. The Morgan fingerprint density at radius 2 is 1.94 bits per heavy atom. The molecule has 1 aliphatic carbocycles. The van der Waals surface area contributed by atoms with Crippen LogP contribution in [-0.4, -0.2) is 44.9 Å². The average Bonchev–Trinajstić information content (AvgIpc) is 3.06. The van der Waals surface area contributed by atoms with Crippen molar-refractivity contribution in [3.63, 3.8) is 0 Å². The summed E-state index contributed by atoms with van der Waals surface area (Å²) in [6.45, 7) is 9.81. The molecule has 7 nitrogen and oxygen atoms in total. The first kappa shape index (κ1) is 23.2. The maximum absolute atomic E-state index is 13.9. The molecule has 1 unspecified atom stereocenters. The summed E-state index contributed by atoms with van der Waals surface area (Å²) in [4.78, 5) is 27.2. The Balaban J connectivity index is 1.74. The summed E-state index contributed by atoms with van der Waals surface area (Å²) in [5.41, 5.74) is 6.42. The van der Waals surface area contributed by atoms with Crippen LogP contribution in [-0.2, 0) is 6.54 Å². The number of carbonyl (C=O) groups is 2. The van der Waals surface area contributed by atoms with Gasteiger partial charge < -0.3 is 16.0 Å². The average molecular weight is 460 g/mol. The van der Waals surface area contributed by atoms with Crippen molar-refractivity contribution in [2.24, 2.45) is 11.1 Å². The third-order valence-electron chi connectivity index (χ3n) is 6.68. The van der Waals surface area contributed by atoms with Gasteiger partial charge in [0.05, 0.1) is 23.8 Å². The Kier molecular flexibility index (Phi) is 5.49. The normalized spacial score (nSPS) is 24.8. The molecule has 9 heteroatoms. The van der Waals surface area contributed by atoms with Crippen molar-refractivity contribution < 1.29 is 18.4 Å². The van der Waals surface area contributed by atoms with Crippen molar-refractivity contribution in [1.82, 2.24) is 20.0 Å². The summed E-state index contributed by atoms with van der Waals surface area (Å²) in [7, 11) is 0. The number of nitrogens with two attached hydrogens (primary N) is 1. The molecule has 3 N–H and O–H groups in total. The number of halogens is 2. The van der Waals surface area contributed by atoms with Gasteiger partial charge in [0.2, 0.25) is 0 Å². The third kappa shape index (κ3) is 4.32. The van der Waals surface area contributed by atoms with Gasteiger partial charge in [0.1, 0.15) is 17.2 Å². The van der Waals surface area contributed by atoms with Crippen LogP contribution < -0.4 is 11.1 Å². The summed E-state index contributed by atoms with van der Waals surface area (Å²) >= 11 is 0. The fraction of sp³-hybridized carbons (Fsp3) is 0.542. The minimum Gasteiger partial charge on any atom is -0.365 e. The van der Waals surface area contributed by atoms with Gasteiger partial charge in [-0.25, -0.2) is 13.6 Å². The number of amides is 3. The predicted octanol–water partition coefficient (Wildman–Crippen LogP) is 4.10. The lowest BCUT2D eigenvalue weighted by Crippen LogP contribution is -2.56. The Morgan fingerprint density at radius 1 is 1.27 bits per heavy atom. The van der Waals surface area contributed by atoms with Crippen molar-refractivity contribution >= 4 is 11.9 Å². The van der Waals surface area contributed by atoms with Crippen LogP contribution in [0, 0.1) is 18.2 Å². The van der Waals surface area contributed by atoms with E-state index < -0.39 is 11.6 Å². The molecule has 178 valence electrons. The number of benzene rings is 1. The summed E-state index contributed by atoms with van der Waals surface area (Å²) < 4.78 is 29.5. The van der Waals surface area contributed by atoms with E-state index in [1.807, 2.05) is 20.8 Å². The van der Waals surface area contributed by atoms with Gasteiger partial charge in [0.25, 0.3) is 5.91 Å². The molecule has 1 aromatic carbocycles. The fourth-order valence-corrected chi connectivity index (χ4v) is 4.79. The molecule has 0 bridgehead atoms. The predicted molar refractivity (Wildman–Crippen MR) is 121 cm³/mol. The van der Waals surface area contributed by atoms with E-state index in [0.29, 0.717) is 29.1 Å². The largest absolute Gasteiger partial charge is 0.365 e. The zero-order chi connectivity index (χ0) is 24.3. The Hall–Kier alpha value is -2.97. The number of nitrogens with one attached hydrogen (secondary N) is 1. The van der Waals surface area contributed by atoms with Gasteiger partial charge in [-0.05, 0) is 43.0 Å². The molecule has 0 saturated heterocycles. The van der Waals surface area contributed by atoms with E-state index in [1.165, 1.54) is 13.0 Å². The van der Waals surface area contributed by atoms with Crippen LogP contribution in [0.25, 0.3) is 11.3 Å². The van der Waals surface area contributed by atoms with E-state index in [4.69, 9.17) is 10.8 Å². The SMILES string of the molecule is Cc1cc(-c2nn3c(c2C(N)=O)CN(C(=O)NC2CC(C)(F)C2)CC3C(C)(C)C)ccc1F. The summed E-state index contributed by atoms with van der Waals surface area (Å²) in [5.74, 6) is -1.01. The lowest BCUT2D eigenvalue weighted by Gasteiger charge is -2.43. The number of urea groups is 1. The number of carbonyl (C=O) groups excluding carboxylic acids is 2. The molecule has 1 fully saturated rings. The molecule has 0 radical (unpaired) electrons. The van der Waals surface area contributed by atoms with E-state index in [9.17, 15) is 18.4 Å². The van der Waals surface area contributed by atoms with Crippen LogP contribution in [0.15, 0.2) is 18.2 Å². The second-order valence-electron chi connectivity index (χ2n) is 10.7. The molecular formula is C24H31F2N5O2. The van der Waals surface area contributed by atoms with Gasteiger partial charge in [0.15, 0.2) is 0 Å². The van der Waals surface area contributed by atoms with Crippen molar-refractivity contribution in [2.75, 3.05) is 6.54 Å². The number of fused-ring (bicyclic) bond motifs is 1. The molecule has 2 aromatic rings. The highest BCUT2D eigenvalue weighted by molar-refractivity contribution is 6.00. The number of primary amides is 1. The van der Waals surface area contributed by atoms with Gasteiger partial charge in [0, 0.05) is 31.0 Å². The Labute approximate surface area is 192 Å². The first-order chi connectivity index (χ1) is 15.3. The highest BCUT2D eigenvalue weighted by Gasteiger charge is 2.43. The van der Waals surface area contributed by atoms with Crippen molar-refractivity contribution in [1.29, 1.82) is 0 Å². The molecular weight excluding hydrogens is 428 g/mol. The van der Waals surface area contributed by atoms with Crippen LogP contribution in [0.3, 0.4) is 0 Å². The highest BCUT2D eigenvalue weighted by Crippen LogP contribution is 2.40. The van der Waals surface area contributed by atoms with E-state index >= 15 is 0 Å². The molecule has 1 saturated carbocycles. The van der Waals surface area contributed by atoms with Crippen LogP contribution >= 0.6 is 0 Å². The van der Waals surface area contributed by atoms with E-state index in [-0.39, 0.29) is 54.3 Å². The smallest absolute Gasteiger partial charge is 0.318 e. The molecule has 3 amide bonds. The molecule has 0 spiro atoms. The Morgan fingerprint density at radius 3 is 2.48 bits per heavy atom. The number of aromatic nitrogens is 2. The lowest BCUT2D eigenvalue weighted by atomic mass is 9.79. The molecule has 1 aliphatic heterocycles. The standard InChI is InChI=1S/C24H31F2N5O2/c1-13-8-14(6-7-16(13)25)20-19(21(27)32)17-11-30(12-18(23(2,3)4)31(17)29-20)22(33)28-15-9-24(5,26)10-15/h6-8,15,18H,9-12H2,1-5H3,(H2,27,32)(H,28,33). The molecule has 1 aromatic heterocycles. The number of nitrogens with zero attached hydrogens (tertiary/aromatic N) is 3. The monoisotopic (exact) mass is 459 g/mol. The van der Waals surface area contributed by atoms with Crippen molar-refractivity contribution in [3.8, 4) is 11.3 Å². The zero-order valence-corrected chi connectivity index (χ0v) is 19.7. The second-order valence-corrected chi connectivity index (χ2v) is 10.7. The molecule has 1 atom stereocenters. The first-order valence-electron chi connectivity index (χ1n) is 11.2. The molecule has 33 heavy (non-hydrogen) atoms. The van der Waals surface area contributed by atoms with Crippen LogP contribution in [0.5, 0.6) is 0 Å². The number of aryl methyl sites for hydroxylation is 1. The first-order valence-corrected chi connectivity index (χ1v) is 11.2. The van der Waals surface area contributed by atoms with Crippen molar-refractivity contribution in [2.45, 2.75) is 71.8 Å². The number of hydrogen-bond acceptors (Lipinski definition) is 3. The maximum atomic E-state index is 13.9. The van der Waals surface area contributed by atoms with Gasteiger partial charge in [-0.15, -0.1) is 0 Å². The molecule has 2 heterocycles. The van der Waals surface area contributed by atoms with Crippen LogP contribution in [0.4, 0.5) is 13.6 Å². The Bertz CT molecular complexity index is 1110. The maximum Gasteiger partial charge on any atom is 0.318 e. The molecule has 2 aliphatic rings. The summed E-state index contributed by atoms with van der Waals surface area (Å²) in [6, 6.07) is 3.81.